The number of ether oxygens (including phenoxy) is 1. The number of methoxy groups -OCH3 is 1. The number of nitrogen functional groups attached to an aromatic ring is 1. The highest BCUT2D eigenvalue weighted by atomic mass is 16.5. The number of nitrogens with zero attached hydrogens (tertiary/aromatic N) is 4. The van der Waals surface area contributed by atoms with Gasteiger partial charge in [-0.15, -0.1) is 0 Å². The van der Waals surface area contributed by atoms with E-state index in [0.717, 1.165) is 25.0 Å². The quantitative estimate of drug-likeness (QED) is 0.891. The Bertz CT molecular complexity index is 762. The first-order valence-corrected chi connectivity index (χ1v) is 9.45. The van der Waals surface area contributed by atoms with Gasteiger partial charge in [0.15, 0.2) is 0 Å². The molecular weight excluding hydrogens is 330 g/mol. The number of carbonyl (C=O) groups excluding carboxylic acids is 1. The molecule has 1 aliphatic heterocycles. The van der Waals surface area contributed by atoms with Gasteiger partial charge in [0.05, 0.1) is 18.7 Å². The highest BCUT2D eigenvalue weighted by molar-refractivity contribution is 5.93. The first kappa shape index (κ1) is 17.1. The lowest BCUT2D eigenvalue weighted by Gasteiger charge is -2.26. The van der Waals surface area contributed by atoms with Crippen LogP contribution in [-0.4, -0.2) is 51.0 Å². The lowest BCUT2D eigenvalue weighted by molar-refractivity contribution is 0.0666. The van der Waals surface area contributed by atoms with Gasteiger partial charge < -0.3 is 19.9 Å². The zero-order chi connectivity index (χ0) is 18.1. The molecule has 7 heteroatoms. The van der Waals surface area contributed by atoms with E-state index in [9.17, 15) is 4.79 Å². The number of rotatable bonds is 5. The zero-order valence-electron chi connectivity index (χ0n) is 15.3. The Morgan fingerprint density at radius 3 is 2.81 bits per heavy atom. The maximum Gasteiger partial charge on any atom is 0.270 e. The molecule has 2 atom stereocenters. The van der Waals surface area contributed by atoms with E-state index in [4.69, 9.17) is 10.5 Å². The van der Waals surface area contributed by atoms with Crippen molar-refractivity contribution in [2.75, 3.05) is 19.4 Å². The van der Waals surface area contributed by atoms with Crippen molar-refractivity contribution in [2.24, 2.45) is 0 Å². The van der Waals surface area contributed by atoms with Gasteiger partial charge in [-0.25, -0.2) is 0 Å². The monoisotopic (exact) mass is 357 g/mol. The smallest absolute Gasteiger partial charge is 0.270 e. The van der Waals surface area contributed by atoms with Crippen molar-refractivity contribution in [1.29, 1.82) is 0 Å². The van der Waals surface area contributed by atoms with Crippen LogP contribution in [0.5, 0.6) is 0 Å². The summed E-state index contributed by atoms with van der Waals surface area (Å²) in [4.78, 5) is 15.3. The van der Waals surface area contributed by atoms with Crippen molar-refractivity contribution >= 4 is 11.7 Å². The fourth-order valence-electron chi connectivity index (χ4n) is 4.38. The summed E-state index contributed by atoms with van der Waals surface area (Å²) in [6, 6.07) is 6.22. The Morgan fingerprint density at radius 1 is 1.31 bits per heavy atom. The molecule has 4 rings (SSSR count). The molecule has 1 saturated carbocycles. The molecule has 140 valence electrons. The molecule has 2 N–H and O–H groups in total. The Morgan fingerprint density at radius 2 is 2.12 bits per heavy atom. The number of amides is 1. The van der Waals surface area contributed by atoms with Gasteiger partial charge >= 0.3 is 0 Å². The van der Waals surface area contributed by atoms with Gasteiger partial charge in [0.25, 0.3) is 5.91 Å². The minimum atomic E-state index is 0.0543. The van der Waals surface area contributed by atoms with Gasteiger partial charge in [-0.3, -0.25) is 9.48 Å². The molecule has 7 nitrogen and oxygen atoms in total. The van der Waals surface area contributed by atoms with Crippen LogP contribution < -0.4 is 5.73 Å². The maximum atomic E-state index is 13.3. The molecule has 0 spiro atoms. The van der Waals surface area contributed by atoms with Gasteiger partial charge in [0, 0.05) is 32.1 Å². The highest BCUT2D eigenvalue weighted by Gasteiger charge is 2.37. The van der Waals surface area contributed by atoms with Gasteiger partial charge in [-0.2, -0.15) is 5.10 Å². The summed E-state index contributed by atoms with van der Waals surface area (Å²) in [6.07, 6.45) is 9.59. The molecule has 0 radical (unpaired) electrons. The van der Waals surface area contributed by atoms with Crippen molar-refractivity contribution in [3.05, 3.63) is 36.3 Å². The van der Waals surface area contributed by atoms with E-state index in [2.05, 4.69) is 15.9 Å². The predicted octanol–water partition coefficient (Wildman–Crippen LogP) is 2.31. The molecule has 2 aromatic rings. The number of anilines is 1. The molecule has 0 aromatic carbocycles. The van der Waals surface area contributed by atoms with E-state index in [1.54, 1.807) is 13.2 Å². The average molecular weight is 357 g/mol. The first-order chi connectivity index (χ1) is 12.7. The topological polar surface area (TPSA) is 78.3 Å². The van der Waals surface area contributed by atoms with E-state index in [-0.39, 0.29) is 18.1 Å². The fourth-order valence-corrected chi connectivity index (χ4v) is 4.38. The van der Waals surface area contributed by atoms with Gasteiger partial charge in [0.2, 0.25) is 0 Å². The van der Waals surface area contributed by atoms with Crippen LogP contribution in [0.25, 0.3) is 0 Å². The third kappa shape index (κ3) is 3.23. The zero-order valence-corrected chi connectivity index (χ0v) is 15.3. The predicted molar refractivity (Wildman–Crippen MR) is 98.8 cm³/mol. The van der Waals surface area contributed by atoms with Crippen molar-refractivity contribution < 1.29 is 9.53 Å². The van der Waals surface area contributed by atoms with Crippen molar-refractivity contribution in [2.45, 2.75) is 56.8 Å². The molecule has 26 heavy (non-hydrogen) atoms. The third-order valence-electron chi connectivity index (χ3n) is 5.75. The second-order valence-corrected chi connectivity index (χ2v) is 7.41. The van der Waals surface area contributed by atoms with Crippen LogP contribution in [0.2, 0.25) is 0 Å². The number of carbonyl (C=O) groups is 1. The molecule has 1 aliphatic carbocycles. The van der Waals surface area contributed by atoms with Crippen LogP contribution in [0.4, 0.5) is 5.82 Å². The summed E-state index contributed by atoms with van der Waals surface area (Å²) in [5, 5.41) is 4.27. The molecule has 1 saturated heterocycles. The summed E-state index contributed by atoms with van der Waals surface area (Å²) < 4.78 is 9.55. The molecule has 2 aliphatic rings. The van der Waals surface area contributed by atoms with Gasteiger partial charge in [0.1, 0.15) is 11.5 Å². The Kier molecular flexibility index (Phi) is 4.72. The van der Waals surface area contributed by atoms with Crippen LogP contribution >= 0.6 is 0 Å². The molecule has 1 amide bonds. The standard InChI is InChI=1S/C19H27N5O2/c1-26-16-11-15(12-22-10-8-18(20)21-22)24(13-16)19(25)17-7-4-9-23(17)14-5-2-3-6-14/h4,7-10,14-16H,2-3,5-6,11-13H2,1H3,(H2,20,21)/t15-,16-/m0/s1. The number of hydrogen-bond donors (Lipinski definition) is 1. The van der Waals surface area contributed by atoms with Crippen LogP contribution in [0.3, 0.4) is 0 Å². The largest absolute Gasteiger partial charge is 0.382 e. The van der Waals surface area contributed by atoms with Crippen LogP contribution in [0, 0.1) is 0 Å². The van der Waals surface area contributed by atoms with E-state index in [1.807, 2.05) is 27.9 Å². The molecule has 3 heterocycles. The number of hydrogen-bond acceptors (Lipinski definition) is 4. The van der Waals surface area contributed by atoms with Crippen LogP contribution in [-0.2, 0) is 11.3 Å². The summed E-state index contributed by atoms with van der Waals surface area (Å²) in [5.41, 5.74) is 6.52. The van der Waals surface area contributed by atoms with Crippen LogP contribution in [0.15, 0.2) is 30.6 Å². The molecule has 0 bridgehead atoms. The number of likely N-dealkylation sites (tertiary alicyclic amines) is 1. The minimum Gasteiger partial charge on any atom is -0.382 e. The summed E-state index contributed by atoms with van der Waals surface area (Å²) >= 11 is 0. The fraction of sp³-hybridized carbons (Fsp3) is 0.579. The molecule has 0 unspecified atom stereocenters. The lowest BCUT2D eigenvalue weighted by Crippen LogP contribution is -2.39. The van der Waals surface area contributed by atoms with E-state index in [0.29, 0.717) is 24.9 Å². The van der Waals surface area contributed by atoms with E-state index >= 15 is 0 Å². The number of nitrogens with two attached hydrogens (primary N) is 1. The normalized spacial score (nSPS) is 23.8. The second kappa shape index (κ2) is 7.15. The summed E-state index contributed by atoms with van der Waals surface area (Å²) in [6.45, 7) is 1.25. The Hall–Kier alpha value is -2.28. The number of aromatic nitrogens is 3. The van der Waals surface area contributed by atoms with Crippen molar-refractivity contribution in [3.8, 4) is 0 Å². The SMILES string of the molecule is CO[C@H]1C[C@@H](Cn2ccc(N)n2)N(C(=O)c2cccn2C2CCCC2)C1. The van der Waals surface area contributed by atoms with Gasteiger partial charge in [-0.05, 0) is 37.5 Å². The van der Waals surface area contributed by atoms with Crippen molar-refractivity contribution in [1.82, 2.24) is 19.2 Å². The summed E-state index contributed by atoms with van der Waals surface area (Å²) in [5.74, 6) is 0.589. The second-order valence-electron chi connectivity index (χ2n) is 7.41. The maximum absolute atomic E-state index is 13.3. The van der Waals surface area contributed by atoms with E-state index in [1.165, 1.54) is 12.8 Å². The Labute approximate surface area is 153 Å². The minimum absolute atomic E-state index is 0.0543. The average Bonchev–Trinajstić information content (AvgIpc) is 3.41. The molecule has 2 aromatic heterocycles. The summed E-state index contributed by atoms with van der Waals surface area (Å²) in [7, 11) is 1.71. The molecular formula is C19H27N5O2. The molecule has 2 fully saturated rings. The van der Waals surface area contributed by atoms with Crippen molar-refractivity contribution in [3.63, 3.8) is 0 Å². The third-order valence-corrected chi connectivity index (χ3v) is 5.75. The Balaban J connectivity index is 1.55. The first-order valence-electron chi connectivity index (χ1n) is 9.45. The van der Waals surface area contributed by atoms with Crippen LogP contribution in [0.1, 0.15) is 48.6 Å². The van der Waals surface area contributed by atoms with Gasteiger partial charge in [-0.1, -0.05) is 12.8 Å². The van der Waals surface area contributed by atoms with E-state index < -0.39 is 0 Å². The highest BCUT2D eigenvalue weighted by Crippen LogP contribution is 2.32. The lowest BCUT2D eigenvalue weighted by atomic mass is 10.2.